The molecule has 1 rings (SSSR count). The molecule has 2 atom stereocenters. The van der Waals surface area contributed by atoms with Crippen LogP contribution in [0.5, 0.6) is 0 Å². The molecule has 0 spiro atoms. The van der Waals surface area contributed by atoms with Crippen molar-refractivity contribution in [1.82, 2.24) is 0 Å². The van der Waals surface area contributed by atoms with Crippen molar-refractivity contribution in [2.75, 3.05) is 6.16 Å². The number of unbranched alkanes of at least 4 members (excludes halogenated alkanes) is 1. The van der Waals surface area contributed by atoms with E-state index in [0.717, 1.165) is 6.42 Å². The van der Waals surface area contributed by atoms with Crippen molar-refractivity contribution in [2.45, 2.75) is 38.7 Å². The van der Waals surface area contributed by atoms with Crippen molar-refractivity contribution in [1.29, 1.82) is 0 Å². The first kappa shape index (κ1) is 11.0. The topological polar surface area (TPSA) is 60.4 Å². The van der Waals surface area contributed by atoms with Gasteiger partial charge >= 0.3 is 0 Å². The highest BCUT2D eigenvalue weighted by molar-refractivity contribution is 7.61. The normalized spacial score (nSPS) is 27.0. The highest BCUT2D eigenvalue weighted by Gasteiger charge is 2.20. The zero-order valence-corrected chi connectivity index (χ0v) is 8.80. The minimum atomic E-state index is -3.34. The molecule has 1 aliphatic rings. The summed E-state index contributed by atoms with van der Waals surface area (Å²) in [6.45, 7) is 1.97. The molecule has 1 aliphatic carbocycles. The van der Waals surface area contributed by atoms with Crippen LogP contribution < -0.4 is 4.89 Å². The van der Waals surface area contributed by atoms with Crippen LogP contribution in [0.25, 0.3) is 0 Å². The quantitative estimate of drug-likeness (QED) is 0.703. The predicted octanol–water partition coefficient (Wildman–Crippen LogP) is 1.46. The highest BCUT2D eigenvalue weighted by Crippen LogP contribution is 2.50. The summed E-state index contributed by atoms with van der Waals surface area (Å²) in [6.07, 6.45) is 3.89. The Labute approximate surface area is 78.9 Å². The van der Waals surface area contributed by atoms with E-state index in [2.05, 4.69) is 0 Å². The van der Waals surface area contributed by atoms with Crippen molar-refractivity contribution in [2.24, 2.45) is 0 Å². The van der Waals surface area contributed by atoms with Gasteiger partial charge in [0.1, 0.15) is 0 Å². The second kappa shape index (κ2) is 4.41. The molecule has 0 amide bonds. The van der Waals surface area contributed by atoms with Crippen LogP contribution in [-0.4, -0.2) is 17.4 Å². The van der Waals surface area contributed by atoms with Gasteiger partial charge in [0.05, 0.1) is 6.10 Å². The molecular formula is C9H16O3P-. The van der Waals surface area contributed by atoms with E-state index in [1.54, 1.807) is 0 Å². The van der Waals surface area contributed by atoms with Crippen LogP contribution in [0.3, 0.4) is 0 Å². The second-order valence-corrected chi connectivity index (χ2v) is 5.88. The van der Waals surface area contributed by atoms with Crippen molar-refractivity contribution >= 4 is 7.37 Å². The Kier molecular flexibility index (Phi) is 3.72. The summed E-state index contributed by atoms with van der Waals surface area (Å²) in [6, 6.07) is 0. The van der Waals surface area contributed by atoms with E-state index >= 15 is 0 Å². The third kappa shape index (κ3) is 2.94. The smallest absolute Gasteiger partial charge is 0.0730 e. The summed E-state index contributed by atoms with van der Waals surface area (Å²) in [7, 11) is -3.34. The third-order valence-corrected chi connectivity index (χ3v) is 4.48. The first-order valence-electron chi connectivity index (χ1n) is 4.75. The minimum absolute atomic E-state index is 0.252. The Bertz CT molecular complexity index is 247. The molecule has 0 bridgehead atoms. The molecule has 3 nitrogen and oxygen atoms in total. The Morgan fingerprint density at radius 1 is 1.77 bits per heavy atom. The molecule has 0 saturated heterocycles. The van der Waals surface area contributed by atoms with Crippen molar-refractivity contribution < 1.29 is 14.6 Å². The van der Waals surface area contributed by atoms with Crippen LogP contribution in [0.4, 0.5) is 0 Å². The standard InChI is InChI=1S/C9H17O3P/c1-2-3-6-13(11,12)9-5-4-8(10)7-9/h7-8,10H,2-6H2,1H3,(H,11,12)/p-1. The molecule has 0 fully saturated rings. The maximum Gasteiger partial charge on any atom is 0.0730 e. The van der Waals surface area contributed by atoms with Gasteiger partial charge in [-0.15, -0.1) is 0 Å². The SMILES string of the molecule is CCCCP(=O)([O-])C1=CC(O)CC1. The van der Waals surface area contributed by atoms with Gasteiger partial charge in [-0.2, -0.15) is 0 Å². The average molecular weight is 203 g/mol. The molecule has 0 aromatic carbocycles. The summed E-state index contributed by atoms with van der Waals surface area (Å²) in [4.78, 5) is 11.6. The monoisotopic (exact) mass is 203 g/mol. The van der Waals surface area contributed by atoms with E-state index in [-0.39, 0.29) is 6.16 Å². The number of aliphatic hydroxyl groups is 1. The summed E-state index contributed by atoms with van der Waals surface area (Å²) < 4.78 is 11.6. The van der Waals surface area contributed by atoms with Crippen molar-refractivity contribution in [3.05, 3.63) is 11.4 Å². The number of rotatable bonds is 4. The lowest BCUT2D eigenvalue weighted by Crippen LogP contribution is -2.06. The van der Waals surface area contributed by atoms with E-state index in [0.29, 0.717) is 24.6 Å². The van der Waals surface area contributed by atoms with Gasteiger partial charge in [0, 0.05) is 7.37 Å². The lowest BCUT2D eigenvalue weighted by atomic mass is 10.3. The molecule has 0 heterocycles. The van der Waals surface area contributed by atoms with Gasteiger partial charge in [0.2, 0.25) is 0 Å². The zero-order chi connectivity index (χ0) is 9.90. The van der Waals surface area contributed by atoms with Crippen LogP contribution in [0.1, 0.15) is 32.6 Å². The van der Waals surface area contributed by atoms with Gasteiger partial charge in [0.25, 0.3) is 0 Å². The molecule has 0 radical (unpaired) electrons. The Balaban J connectivity index is 2.59. The minimum Gasteiger partial charge on any atom is -0.796 e. The van der Waals surface area contributed by atoms with Gasteiger partial charge in [-0.1, -0.05) is 19.4 Å². The largest absolute Gasteiger partial charge is 0.796 e. The van der Waals surface area contributed by atoms with Gasteiger partial charge < -0.3 is 14.6 Å². The van der Waals surface area contributed by atoms with Crippen LogP contribution in [0.2, 0.25) is 0 Å². The maximum atomic E-state index is 11.6. The lowest BCUT2D eigenvalue weighted by molar-refractivity contribution is -0.172. The molecule has 1 N–H and O–H groups in total. The molecule has 13 heavy (non-hydrogen) atoms. The predicted molar refractivity (Wildman–Crippen MR) is 50.7 cm³/mol. The summed E-state index contributed by atoms with van der Waals surface area (Å²) in [5.41, 5.74) is 0. The van der Waals surface area contributed by atoms with Crippen LogP contribution >= 0.6 is 7.37 Å². The molecule has 0 aromatic rings. The van der Waals surface area contributed by atoms with E-state index < -0.39 is 13.5 Å². The highest BCUT2D eigenvalue weighted by atomic mass is 31.2. The summed E-state index contributed by atoms with van der Waals surface area (Å²) >= 11 is 0. The van der Waals surface area contributed by atoms with Crippen LogP contribution in [0, 0.1) is 0 Å². The molecule has 4 heteroatoms. The number of allylic oxidation sites excluding steroid dienone is 1. The zero-order valence-electron chi connectivity index (χ0n) is 7.90. The lowest BCUT2D eigenvalue weighted by Gasteiger charge is -2.24. The van der Waals surface area contributed by atoms with Gasteiger partial charge in [0.15, 0.2) is 0 Å². The number of hydrogen-bond donors (Lipinski definition) is 1. The van der Waals surface area contributed by atoms with Crippen molar-refractivity contribution in [3.63, 3.8) is 0 Å². The first-order valence-corrected chi connectivity index (χ1v) is 6.56. The fraction of sp³-hybridized carbons (Fsp3) is 0.778. The first-order chi connectivity index (χ1) is 6.06. The second-order valence-electron chi connectivity index (χ2n) is 3.51. The van der Waals surface area contributed by atoms with E-state index in [1.165, 1.54) is 6.08 Å². The molecular weight excluding hydrogens is 187 g/mol. The van der Waals surface area contributed by atoms with Gasteiger partial charge in [-0.3, -0.25) is 0 Å². The van der Waals surface area contributed by atoms with Crippen molar-refractivity contribution in [3.8, 4) is 0 Å². The number of aliphatic hydroxyl groups excluding tert-OH is 1. The summed E-state index contributed by atoms with van der Waals surface area (Å²) in [5, 5.41) is 9.62. The maximum absolute atomic E-state index is 11.6. The Hall–Kier alpha value is -0.110. The van der Waals surface area contributed by atoms with E-state index in [1.807, 2.05) is 6.92 Å². The van der Waals surface area contributed by atoms with Gasteiger partial charge in [-0.25, -0.2) is 0 Å². The Morgan fingerprint density at radius 2 is 2.46 bits per heavy atom. The fourth-order valence-electron chi connectivity index (χ4n) is 1.48. The van der Waals surface area contributed by atoms with E-state index in [4.69, 9.17) is 5.11 Å². The third-order valence-electron chi connectivity index (χ3n) is 2.32. The molecule has 0 aliphatic heterocycles. The molecule has 2 unspecified atom stereocenters. The molecule has 0 saturated carbocycles. The Morgan fingerprint density at radius 3 is 2.92 bits per heavy atom. The molecule has 76 valence electrons. The van der Waals surface area contributed by atoms with Crippen LogP contribution in [-0.2, 0) is 4.57 Å². The van der Waals surface area contributed by atoms with Crippen LogP contribution in [0.15, 0.2) is 11.4 Å². The van der Waals surface area contributed by atoms with Gasteiger partial charge in [-0.05, 0) is 30.7 Å². The van der Waals surface area contributed by atoms with E-state index in [9.17, 15) is 9.46 Å². The summed E-state index contributed by atoms with van der Waals surface area (Å²) in [5.74, 6) is 0. The fourth-order valence-corrected chi connectivity index (χ4v) is 3.37. The number of hydrogen-bond acceptors (Lipinski definition) is 3. The molecule has 0 aromatic heterocycles. The average Bonchev–Trinajstić information content (AvgIpc) is 2.49.